The van der Waals surface area contributed by atoms with Gasteiger partial charge in [-0.25, -0.2) is 0 Å². The molecule has 1 aromatic carbocycles. The van der Waals surface area contributed by atoms with Crippen LogP contribution in [0.4, 0.5) is 0 Å². The average Bonchev–Trinajstić information content (AvgIpc) is 2.98. The molecule has 0 bridgehead atoms. The van der Waals surface area contributed by atoms with E-state index >= 15 is 0 Å². The van der Waals surface area contributed by atoms with Gasteiger partial charge in [-0.3, -0.25) is 10.1 Å². The number of nitro groups is 1. The van der Waals surface area contributed by atoms with E-state index in [-0.39, 0.29) is 6.42 Å². The van der Waals surface area contributed by atoms with Crippen LogP contribution in [0.2, 0.25) is 0 Å². The summed E-state index contributed by atoms with van der Waals surface area (Å²) in [5, 5.41) is 31.0. The summed E-state index contributed by atoms with van der Waals surface area (Å²) >= 11 is 0. The molecule has 110 valence electrons. The van der Waals surface area contributed by atoms with Gasteiger partial charge in [0.2, 0.25) is 0 Å². The molecule has 3 rings (SSSR count). The van der Waals surface area contributed by atoms with Crippen LogP contribution >= 0.6 is 0 Å². The van der Waals surface area contributed by atoms with Gasteiger partial charge in [-0.05, 0) is 25.0 Å². The first-order valence-corrected chi connectivity index (χ1v) is 6.84. The van der Waals surface area contributed by atoms with Gasteiger partial charge in [0, 0.05) is 5.56 Å². The number of fused-ring (bicyclic) bond motifs is 3. The maximum absolute atomic E-state index is 11.9. The van der Waals surface area contributed by atoms with E-state index in [4.69, 9.17) is 4.74 Å². The lowest BCUT2D eigenvalue weighted by Crippen LogP contribution is -2.49. The molecule has 1 heterocycles. The standard InChI is InChI=1S/C16H13N3O3/c1-3-11-7-15(8-17,9-18)14-12-5-4-10(2)6-13(12)22-16(11,14)19(20)21/h3-6,11,14H,1,7H2,2H3/t11?,14-,16+/m1/s1. The van der Waals surface area contributed by atoms with E-state index < -0.39 is 27.9 Å². The molecule has 1 saturated carbocycles. The maximum atomic E-state index is 11.9. The Labute approximate surface area is 127 Å². The van der Waals surface area contributed by atoms with Crippen molar-refractivity contribution in [2.75, 3.05) is 0 Å². The molecule has 22 heavy (non-hydrogen) atoms. The zero-order valence-electron chi connectivity index (χ0n) is 11.9. The smallest absolute Gasteiger partial charge is 0.378 e. The molecular formula is C16H13N3O3. The monoisotopic (exact) mass is 295 g/mol. The van der Waals surface area contributed by atoms with Gasteiger partial charge in [0.05, 0.1) is 23.0 Å². The van der Waals surface area contributed by atoms with Gasteiger partial charge in [0.1, 0.15) is 11.7 Å². The lowest BCUT2D eigenvalue weighted by molar-refractivity contribution is -0.622. The molecule has 0 saturated heterocycles. The summed E-state index contributed by atoms with van der Waals surface area (Å²) in [5.74, 6) is -1.26. The largest absolute Gasteiger partial charge is 0.426 e. The van der Waals surface area contributed by atoms with Gasteiger partial charge < -0.3 is 4.74 Å². The first-order chi connectivity index (χ1) is 10.4. The van der Waals surface area contributed by atoms with Crippen LogP contribution in [0.15, 0.2) is 30.9 Å². The molecule has 6 nitrogen and oxygen atoms in total. The van der Waals surface area contributed by atoms with Crippen molar-refractivity contribution in [1.29, 1.82) is 10.5 Å². The molecule has 1 aromatic rings. The van der Waals surface area contributed by atoms with E-state index in [2.05, 4.69) is 6.58 Å². The zero-order valence-corrected chi connectivity index (χ0v) is 11.9. The van der Waals surface area contributed by atoms with Crippen LogP contribution in [0, 0.1) is 51.0 Å². The molecule has 0 amide bonds. The fourth-order valence-electron chi connectivity index (χ4n) is 3.72. The number of rotatable bonds is 2. The summed E-state index contributed by atoms with van der Waals surface area (Å²) in [4.78, 5) is 11.4. The van der Waals surface area contributed by atoms with Crippen LogP contribution in [-0.2, 0) is 0 Å². The second kappa shape index (κ2) is 4.32. The summed E-state index contributed by atoms with van der Waals surface area (Å²) in [5.41, 5.74) is -1.88. The molecule has 2 aliphatic rings. The molecule has 1 unspecified atom stereocenters. The second-order valence-electron chi connectivity index (χ2n) is 5.83. The Morgan fingerprint density at radius 1 is 1.50 bits per heavy atom. The molecule has 1 aliphatic carbocycles. The minimum Gasteiger partial charge on any atom is -0.426 e. The third-order valence-electron chi connectivity index (χ3n) is 4.70. The third-order valence-corrected chi connectivity index (χ3v) is 4.70. The third kappa shape index (κ3) is 1.42. The SMILES string of the molecule is C=CC1CC(C#N)(C#N)[C@H]2c3ccc(C)cc3O[C@@]12[N+](=O)[O-]. The summed E-state index contributed by atoms with van der Waals surface area (Å²) in [7, 11) is 0. The predicted molar refractivity (Wildman–Crippen MR) is 76.2 cm³/mol. The Morgan fingerprint density at radius 2 is 2.18 bits per heavy atom. The van der Waals surface area contributed by atoms with Gasteiger partial charge in [-0.15, -0.1) is 6.58 Å². The maximum Gasteiger partial charge on any atom is 0.378 e. The molecule has 3 atom stereocenters. The van der Waals surface area contributed by atoms with Gasteiger partial charge in [-0.1, -0.05) is 18.2 Å². The average molecular weight is 295 g/mol. The quantitative estimate of drug-likeness (QED) is 0.474. The van der Waals surface area contributed by atoms with Crippen LogP contribution in [-0.4, -0.2) is 10.6 Å². The number of benzene rings is 1. The van der Waals surface area contributed by atoms with Gasteiger partial charge in [0.15, 0.2) is 5.41 Å². The molecular weight excluding hydrogens is 282 g/mol. The molecule has 0 spiro atoms. The minimum absolute atomic E-state index is 0.0441. The van der Waals surface area contributed by atoms with E-state index in [0.29, 0.717) is 11.3 Å². The van der Waals surface area contributed by atoms with E-state index in [9.17, 15) is 20.6 Å². The molecule has 6 heteroatoms. The Hall–Kier alpha value is -2.86. The predicted octanol–water partition coefficient (Wildman–Crippen LogP) is 2.68. The summed E-state index contributed by atoms with van der Waals surface area (Å²) in [6, 6.07) is 9.24. The van der Waals surface area contributed by atoms with Gasteiger partial charge in [0.25, 0.3) is 0 Å². The summed E-state index contributed by atoms with van der Waals surface area (Å²) in [6.45, 7) is 5.49. The minimum atomic E-state index is -1.83. The van der Waals surface area contributed by atoms with E-state index in [1.54, 1.807) is 18.2 Å². The number of hydrogen-bond donors (Lipinski definition) is 0. The van der Waals surface area contributed by atoms with Crippen molar-refractivity contribution in [2.45, 2.75) is 25.0 Å². The molecule has 0 radical (unpaired) electrons. The highest BCUT2D eigenvalue weighted by Crippen LogP contribution is 2.64. The first-order valence-electron chi connectivity index (χ1n) is 6.84. The van der Waals surface area contributed by atoms with Crippen LogP contribution in [0.5, 0.6) is 5.75 Å². The van der Waals surface area contributed by atoms with Gasteiger partial charge >= 0.3 is 5.72 Å². The number of nitrogens with zero attached hydrogens (tertiary/aromatic N) is 3. The number of ether oxygens (including phenoxy) is 1. The highest BCUT2D eigenvalue weighted by atomic mass is 16.7. The van der Waals surface area contributed by atoms with Crippen molar-refractivity contribution < 1.29 is 9.66 Å². The Kier molecular flexibility index (Phi) is 2.76. The summed E-state index contributed by atoms with van der Waals surface area (Å²) < 4.78 is 5.75. The Balaban J connectivity index is 2.33. The van der Waals surface area contributed by atoms with Crippen molar-refractivity contribution in [1.82, 2.24) is 0 Å². The molecule has 1 fully saturated rings. The lowest BCUT2D eigenvalue weighted by atomic mass is 9.75. The number of aryl methyl sites for hydroxylation is 1. The van der Waals surface area contributed by atoms with Crippen molar-refractivity contribution in [3.63, 3.8) is 0 Å². The van der Waals surface area contributed by atoms with E-state index in [1.165, 1.54) is 6.08 Å². The van der Waals surface area contributed by atoms with E-state index in [0.717, 1.165) is 5.56 Å². The summed E-state index contributed by atoms with van der Waals surface area (Å²) in [6.07, 6.45) is 1.47. The van der Waals surface area contributed by atoms with Crippen LogP contribution in [0.3, 0.4) is 0 Å². The van der Waals surface area contributed by atoms with Crippen LogP contribution < -0.4 is 4.74 Å². The van der Waals surface area contributed by atoms with Crippen LogP contribution in [0.25, 0.3) is 0 Å². The van der Waals surface area contributed by atoms with Crippen molar-refractivity contribution in [3.8, 4) is 17.9 Å². The van der Waals surface area contributed by atoms with Crippen LogP contribution in [0.1, 0.15) is 23.5 Å². The topological polar surface area (TPSA) is 100.0 Å². The zero-order chi connectivity index (χ0) is 16.1. The first kappa shape index (κ1) is 14.1. The molecule has 0 aromatic heterocycles. The Bertz CT molecular complexity index is 760. The fraction of sp³-hybridized carbons (Fsp3) is 0.375. The Morgan fingerprint density at radius 3 is 2.73 bits per heavy atom. The van der Waals surface area contributed by atoms with Crippen molar-refractivity contribution in [2.24, 2.45) is 11.3 Å². The normalized spacial score (nSPS) is 30.3. The molecule has 1 aliphatic heterocycles. The van der Waals surface area contributed by atoms with E-state index in [1.807, 2.05) is 19.1 Å². The van der Waals surface area contributed by atoms with Crippen molar-refractivity contribution in [3.05, 3.63) is 52.1 Å². The number of hydrogen-bond acceptors (Lipinski definition) is 5. The van der Waals surface area contributed by atoms with Crippen molar-refractivity contribution >= 4 is 0 Å². The fourth-order valence-corrected chi connectivity index (χ4v) is 3.72. The second-order valence-corrected chi connectivity index (χ2v) is 5.83. The highest BCUT2D eigenvalue weighted by Gasteiger charge is 2.76. The number of nitriles is 2. The molecule has 0 N–H and O–H groups in total. The highest BCUT2D eigenvalue weighted by molar-refractivity contribution is 5.51. The lowest BCUT2D eigenvalue weighted by Gasteiger charge is -2.24. The van der Waals surface area contributed by atoms with Gasteiger partial charge in [-0.2, -0.15) is 10.5 Å².